The largest absolute Gasteiger partial charge is 1.00 e. The van der Waals surface area contributed by atoms with Crippen LogP contribution in [0.5, 0.6) is 0 Å². The Morgan fingerprint density at radius 3 is 2.52 bits per heavy atom. The molecule has 0 unspecified atom stereocenters. The topological polar surface area (TPSA) is 0 Å². The quantitative estimate of drug-likeness (QED) is 0.253. The molecule has 1 aliphatic rings. The van der Waals surface area contributed by atoms with Crippen LogP contribution in [0.2, 0.25) is 5.02 Å². The van der Waals surface area contributed by atoms with E-state index in [-0.39, 0.29) is 17.0 Å². The zero-order chi connectivity index (χ0) is 18.6. The van der Waals surface area contributed by atoms with Crippen LogP contribution >= 0.6 is 39.3 Å². The van der Waals surface area contributed by atoms with Crippen molar-refractivity contribution in [3.8, 4) is 0 Å². The molecule has 0 spiro atoms. The zero-order valence-corrected chi connectivity index (χ0v) is 20.6. The Morgan fingerprint density at radius 1 is 1.00 bits per heavy atom. The first-order valence-corrected chi connectivity index (χ1v) is 11.5. The Bertz CT molecular complexity index is 805. The Morgan fingerprint density at radius 2 is 1.74 bits per heavy atom. The summed E-state index contributed by atoms with van der Waals surface area (Å²) in [4.78, 5) is 2.63. The van der Waals surface area contributed by atoms with Crippen molar-refractivity contribution in [2.75, 3.05) is 32.5 Å². The molecule has 2 aromatic rings. The Hall–Kier alpha value is -0.260. The summed E-state index contributed by atoms with van der Waals surface area (Å²) in [5.74, 6) is 0. The number of halogens is 3. The van der Waals surface area contributed by atoms with Gasteiger partial charge in [0.15, 0.2) is 0 Å². The summed E-state index contributed by atoms with van der Waals surface area (Å²) >= 11 is 11.7. The smallest absolute Gasteiger partial charge is 0.0817 e. The van der Waals surface area contributed by atoms with Crippen molar-refractivity contribution in [1.82, 2.24) is 0 Å². The average molecular weight is 532 g/mol. The van der Waals surface area contributed by atoms with Crippen molar-refractivity contribution in [2.45, 2.75) is 29.1 Å². The number of rotatable bonds is 7. The lowest BCUT2D eigenvalue weighted by molar-refractivity contribution is -0.890. The van der Waals surface area contributed by atoms with Crippen molar-refractivity contribution in [3.63, 3.8) is 0 Å². The van der Waals surface area contributed by atoms with E-state index in [1.165, 1.54) is 45.9 Å². The standard InChI is InChI=1S/C22H26BrClNS.BrH/c1-25(2,14-6-5-13-23)15-7-9-18-19-8-3-4-10-21(19)26-22-12-11-17(24)16-20(18)22;/h3-4,8-12,16H,5-7,13-15H2,1-2H3;1H/q+1;/p-1. The molecule has 0 saturated carbocycles. The second kappa shape index (κ2) is 10.5. The van der Waals surface area contributed by atoms with Crippen molar-refractivity contribution in [3.05, 3.63) is 64.7 Å². The van der Waals surface area contributed by atoms with Crippen LogP contribution in [0.25, 0.3) is 5.57 Å². The summed E-state index contributed by atoms with van der Waals surface area (Å²) in [6.45, 7) is 2.38. The molecule has 3 rings (SSSR count). The zero-order valence-electron chi connectivity index (χ0n) is 15.9. The van der Waals surface area contributed by atoms with Crippen LogP contribution < -0.4 is 17.0 Å². The molecule has 0 fully saturated rings. The lowest BCUT2D eigenvalue weighted by Gasteiger charge is -2.30. The fourth-order valence-corrected chi connectivity index (χ4v) is 5.02. The number of fused-ring (bicyclic) bond motifs is 2. The molecular formula is C22H26Br2ClNS. The molecule has 27 heavy (non-hydrogen) atoms. The summed E-state index contributed by atoms with van der Waals surface area (Å²) in [5, 5.41) is 1.91. The summed E-state index contributed by atoms with van der Waals surface area (Å²) in [6, 6.07) is 14.9. The fraction of sp³-hybridized carbons (Fsp3) is 0.364. The van der Waals surface area contributed by atoms with Gasteiger partial charge in [0.05, 0.1) is 27.2 Å². The summed E-state index contributed by atoms with van der Waals surface area (Å²) in [5.41, 5.74) is 3.93. The predicted molar refractivity (Wildman–Crippen MR) is 119 cm³/mol. The number of hydrogen-bond acceptors (Lipinski definition) is 1. The minimum absolute atomic E-state index is 0. The molecule has 0 N–H and O–H groups in total. The first kappa shape index (κ1) is 23.0. The Kier molecular flexibility index (Phi) is 8.95. The molecule has 0 radical (unpaired) electrons. The third-order valence-corrected chi connectivity index (χ3v) is 6.81. The van der Waals surface area contributed by atoms with Crippen molar-refractivity contribution in [2.24, 2.45) is 0 Å². The molecule has 1 aliphatic heterocycles. The van der Waals surface area contributed by atoms with Gasteiger partial charge in [0.2, 0.25) is 0 Å². The SMILES string of the molecule is C[N+](C)(CCC=C1c2ccccc2Sc2ccc(Cl)cc21)CCCCBr.[Br-]. The van der Waals surface area contributed by atoms with Gasteiger partial charge in [-0.3, -0.25) is 0 Å². The molecule has 2 aromatic carbocycles. The molecule has 0 aliphatic carbocycles. The number of benzene rings is 2. The normalized spacial score (nSPS) is 14.4. The van der Waals surface area contributed by atoms with Crippen molar-refractivity contribution in [1.29, 1.82) is 0 Å². The predicted octanol–water partition coefficient (Wildman–Crippen LogP) is 3.88. The molecule has 1 heterocycles. The maximum absolute atomic E-state index is 6.30. The van der Waals surface area contributed by atoms with Crippen molar-refractivity contribution >= 4 is 44.9 Å². The highest BCUT2D eigenvalue weighted by Crippen LogP contribution is 2.46. The number of quaternary nitrogens is 1. The first-order chi connectivity index (χ1) is 12.5. The van der Waals surface area contributed by atoms with E-state index in [9.17, 15) is 0 Å². The number of nitrogens with zero attached hydrogens (tertiary/aromatic N) is 1. The maximum Gasteiger partial charge on any atom is 0.0817 e. The highest BCUT2D eigenvalue weighted by atomic mass is 79.9. The molecule has 1 nitrogen and oxygen atoms in total. The molecule has 0 saturated heterocycles. The van der Waals surface area contributed by atoms with Crippen LogP contribution in [0, 0.1) is 0 Å². The summed E-state index contributed by atoms with van der Waals surface area (Å²) in [6.07, 6.45) is 6.01. The Balaban J connectivity index is 0.00000261. The molecule has 0 bridgehead atoms. The fourth-order valence-electron chi connectivity index (χ4n) is 3.37. The molecule has 0 aromatic heterocycles. The van der Waals surface area contributed by atoms with Gasteiger partial charge in [0.25, 0.3) is 0 Å². The minimum atomic E-state index is 0. The van der Waals surface area contributed by atoms with Gasteiger partial charge < -0.3 is 21.5 Å². The highest BCUT2D eigenvalue weighted by molar-refractivity contribution is 9.09. The second-order valence-corrected chi connectivity index (χ2v) is 9.74. The first-order valence-electron chi connectivity index (χ1n) is 9.15. The van der Waals surface area contributed by atoms with Crippen molar-refractivity contribution < 1.29 is 21.5 Å². The van der Waals surface area contributed by atoms with Gasteiger partial charge in [0, 0.05) is 26.6 Å². The van der Waals surface area contributed by atoms with E-state index in [1.807, 2.05) is 17.8 Å². The van der Waals surface area contributed by atoms with Crippen LogP contribution in [-0.2, 0) is 0 Å². The molecule has 146 valence electrons. The highest BCUT2D eigenvalue weighted by Gasteiger charge is 2.21. The maximum atomic E-state index is 6.30. The average Bonchev–Trinajstić information content (AvgIpc) is 2.61. The number of hydrogen-bond donors (Lipinski definition) is 0. The Labute approximate surface area is 191 Å². The van der Waals surface area contributed by atoms with E-state index in [1.54, 1.807) is 0 Å². The van der Waals surface area contributed by atoms with Gasteiger partial charge in [0.1, 0.15) is 0 Å². The van der Waals surface area contributed by atoms with Crippen LogP contribution in [-0.4, -0.2) is 37.0 Å². The van der Waals surface area contributed by atoms with Gasteiger partial charge in [-0.15, -0.1) is 0 Å². The number of alkyl halides is 1. The van der Waals surface area contributed by atoms with E-state index >= 15 is 0 Å². The van der Waals surface area contributed by atoms with Gasteiger partial charge >= 0.3 is 0 Å². The summed E-state index contributed by atoms with van der Waals surface area (Å²) in [7, 11) is 4.67. The van der Waals surface area contributed by atoms with Crippen LogP contribution in [0.4, 0.5) is 0 Å². The third kappa shape index (κ3) is 6.11. The van der Waals surface area contributed by atoms with E-state index in [0.29, 0.717) is 0 Å². The van der Waals surface area contributed by atoms with Gasteiger partial charge in [-0.1, -0.05) is 63.6 Å². The lowest BCUT2D eigenvalue weighted by Crippen LogP contribution is -3.00. The summed E-state index contributed by atoms with van der Waals surface area (Å²) < 4.78 is 1.07. The minimum Gasteiger partial charge on any atom is -1.00 e. The van der Waals surface area contributed by atoms with E-state index < -0.39 is 0 Å². The second-order valence-electron chi connectivity index (χ2n) is 7.42. The third-order valence-electron chi connectivity index (χ3n) is 4.86. The lowest BCUT2D eigenvalue weighted by atomic mass is 9.96. The monoisotopic (exact) mass is 529 g/mol. The molecule has 5 heteroatoms. The molecular weight excluding hydrogens is 506 g/mol. The number of unbranched alkanes of at least 4 members (excludes halogenated alkanes) is 1. The van der Waals surface area contributed by atoms with E-state index in [2.05, 4.69) is 72.5 Å². The van der Waals surface area contributed by atoms with Crippen LogP contribution in [0.3, 0.4) is 0 Å². The molecule has 0 atom stereocenters. The van der Waals surface area contributed by atoms with Crippen LogP contribution in [0.15, 0.2) is 58.3 Å². The van der Waals surface area contributed by atoms with Gasteiger partial charge in [-0.2, -0.15) is 0 Å². The molecule has 0 amide bonds. The van der Waals surface area contributed by atoms with Gasteiger partial charge in [-0.05, 0) is 53.8 Å². The van der Waals surface area contributed by atoms with Gasteiger partial charge in [-0.25, -0.2) is 0 Å². The van der Waals surface area contributed by atoms with Crippen LogP contribution in [0.1, 0.15) is 30.4 Å². The van der Waals surface area contributed by atoms with E-state index in [4.69, 9.17) is 11.6 Å². The van der Waals surface area contributed by atoms with E-state index in [0.717, 1.165) is 27.8 Å².